The summed E-state index contributed by atoms with van der Waals surface area (Å²) in [5.74, 6) is 0.306. The maximum atomic E-state index is 9.29. The Balaban J connectivity index is 1.92. The number of benzene rings is 2. The summed E-state index contributed by atoms with van der Waals surface area (Å²) in [5, 5.41) is 12.8. The summed E-state index contributed by atoms with van der Waals surface area (Å²) in [6, 6.07) is 16.1. The first-order valence-corrected chi connectivity index (χ1v) is 6.85. The summed E-state index contributed by atoms with van der Waals surface area (Å²) in [5.41, 5.74) is 3.65. The Kier molecular flexibility index (Phi) is 4.64. The van der Waals surface area contributed by atoms with Gasteiger partial charge in [0.15, 0.2) is 0 Å². The molecule has 0 bridgehead atoms. The maximum absolute atomic E-state index is 9.29. The predicted molar refractivity (Wildman–Crippen MR) is 84.1 cm³/mol. The molecule has 0 amide bonds. The molecule has 0 aromatic heterocycles. The summed E-state index contributed by atoms with van der Waals surface area (Å²) in [4.78, 5) is 2.09. The van der Waals surface area contributed by atoms with E-state index in [4.69, 9.17) is 0 Å². The van der Waals surface area contributed by atoms with Crippen molar-refractivity contribution in [3.63, 3.8) is 0 Å². The van der Waals surface area contributed by atoms with Gasteiger partial charge in [0.1, 0.15) is 5.75 Å². The molecule has 0 aliphatic rings. The highest BCUT2D eigenvalue weighted by Gasteiger charge is 2.05. The lowest BCUT2D eigenvalue weighted by molar-refractivity contribution is 0.474. The van der Waals surface area contributed by atoms with Gasteiger partial charge in [0.05, 0.1) is 0 Å². The van der Waals surface area contributed by atoms with E-state index < -0.39 is 0 Å². The Bertz CT molecular complexity index is 532. The summed E-state index contributed by atoms with van der Waals surface area (Å²) in [6.07, 6.45) is 0. The van der Waals surface area contributed by atoms with Gasteiger partial charge in [0.2, 0.25) is 0 Å². The number of rotatable bonds is 5. The van der Waals surface area contributed by atoms with Crippen LogP contribution in [-0.4, -0.2) is 19.2 Å². The third-order valence-electron chi connectivity index (χ3n) is 3.46. The van der Waals surface area contributed by atoms with E-state index in [-0.39, 0.29) is 6.04 Å². The SMILES string of the molecule is CC(NCc1ccc(N(C)C)cc1)c1ccc(O)cc1. The average Bonchev–Trinajstić information content (AvgIpc) is 2.46. The van der Waals surface area contributed by atoms with Crippen LogP contribution in [0, 0.1) is 0 Å². The van der Waals surface area contributed by atoms with Crippen molar-refractivity contribution in [1.82, 2.24) is 5.32 Å². The van der Waals surface area contributed by atoms with E-state index in [0.29, 0.717) is 5.75 Å². The number of nitrogens with one attached hydrogen (secondary N) is 1. The van der Waals surface area contributed by atoms with Gasteiger partial charge in [-0.05, 0) is 42.3 Å². The molecule has 1 atom stereocenters. The van der Waals surface area contributed by atoms with Gasteiger partial charge >= 0.3 is 0 Å². The van der Waals surface area contributed by atoms with Crippen LogP contribution in [0.3, 0.4) is 0 Å². The van der Waals surface area contributed by atoms with Gasteiger partial charge in [0.25, 0.3) is 0 Å². The van der Waals surface area contributed by atoms with Crippen molar-refractivity contribution in [3.05, 3.63) is 59.7 Å². The highest BCUT2D eigenvalue weighted by atomic mass is 16.3. The molecular weight excluding hydrogens is 248 g/mol. The van der Waals surface area contributed by atoms with Gasteiger partial charge in [-0.15, -0.1) is 0 Å². The monoisotopic (exact) mass is 270 g/mol. The normalized spacial score (nSPS) is 12.2. The molecule has 1 unspecified atom stereocenters. The first kappa shape index (κ1) is 14.4. The van der Waals surface area contributed by atoms with Crippen LogP contribution >= 0.6 is 0 Å². The molecule has 0 aliphatic carbocycles. The van der Waals surface area contributed by atoms with E-state index >= 15 is 0 Å². The number of hydrogen-bond acceptors (Lipinski definition) is 3. The molecule has 2 aromatic carbocycles. The van der Waals surface area contributed by atoms with Gasteiger partial charge in [-0.25, -0.2) is 0 Å². The zero-order chi connectivity index (χ0) is 14.5. The molecule has 2 rings (SSSR count). The smallest absolute Gasteiger partial charge is 0.115 e. The minimum absolute atomic E-state index is 0.254. The van der Waals surface area contributed by atoms with Crippen LogP contribution < -0.4 is 10.2 Å². The van der Waals surface area contributed by atoms with E-state index in [2.05, 4.69) is 41.4 Å². The van der Waals surface area contributed by atoms with Gasteiger partial charge in [-0.3, -0.25) is 0 Å². The third-order valence-corrected chi connectivity index (χ3v) is 3.46. The third kappa shape index (κ3) is 3.75. The van der Waals surface area contributed by atoms with E-state index in [1.54, 1.807) is 12.1 Å². The predicted octanol–water partition coefficient (Wildman–Crippen LogP) is 3.31. The molecule has 3 heteroatoms. The second kappa shape index (κ2) is 6.44. The largest absolute Gasteiger partial charge is 0.508 e. The lowest BCUT2D eigenvalue weighted by atomic mass is 10.1. The average molecular weight is 270 g/mol. The molecule has 20 heavy (non-hydrogen) atoms. The van der Waals surface area contributed by atoms with E-state index in [0.717, 1.165) is 6.54 Å². The minimum Gasteiger partial charge on any atom is -0.508 e. The number of nitrogens with zero attached hydrogens (tertiary/aromatic N) is 1. The van der Waals surface area contributed by atoms with Gasteiger partial charge in [-0.2, -0.15) is 0 Å². The molecular formula is C17H22N2O. The number of hydrogen-bond donors (Lipinski definition) is 2. The van der Waals surface area contributed by atoms with Crippen LogP contribution in [-0.2, 0) is 6.54 Å². The molecule has 0 heterocycles. The number of aromatic hydroxyl groups is 1. The second-order valence-corrected chi connectivity index (χ2v) is 5.25. The van der Waals surface area contributed by atoms with Crippen LogP contribution in [0.2, 0.25) is 0 Å². The van der Waals surface area contributed by atoms with Crippen LogP contribution in [0.5, 0.6) is 5.75 Å². The van der Waals surface area contributed by atoms with Crippen molar-refractivity contribution in [2.75, 3.05) is 19.0 Å². The second-order valence-electron chi connectivity index (χ2n) is 5.25. The molecule has 0 aliphatic heterocycles. The Labute approximate surface area is 120 Å². The minimum atomic E-state index is 0.254. The highest BCUT2D eigenvalue weighted by molar-refractivity contribution is 5.46. The summed E-state index contributed by atoms with van der Waals surface area (Å²) in [7, 11) is 4.08. The highest BCUT2D eigenvalue weighted by Crippen LogP contribution is 2.17. The van der Waals surface area contributed by atoms with Crippen molar-refractivity contribution in [3.8, 4) is 5.75 Å². The van der Waals surface area contributed by atoms with Crippen molar-refractivity contribution in [1.29, 1.82) is 0 Å². The van der Waals surface area contributed by atoms with Crippen LogP contribution in [0.25, 0.3) is 0 Å². The van der Waals surface area contributed by atoms with Gasteiger partial charge < -0.3 is 15.3 Å². The number of phenols is 1. The Morgan fingerprint density at radius 1 is 1.00 bits per heavy atom. The van der Waals surface area contributed by atoms with Crippen molar-refractivity contribution in [2.24, 2.45) is 0 Å². The Hall–Kier alpha value is -2.00. The van der Waals surface area contributed by atoms with Gasteiger partial charge in [0, 0.05) is 32.4 Å². The number of phenolic OH excluding ortho intramolecular Hbond substituents is 1. The van der Waals surface area contributed by atoms with E-state index in [9.17, 15) is 5.11 Å². The molecule has 0 saturated heterocycles. The first-order valence-electron chi connectivity index (χ1n) is 6.85. The number of anilines is 1. The zero-order valence-electron chi connectivity index (χ0n) is 12.3. The fourth-order valence-corrected chi connectivity index (χ4v) is 2.06. The molecule has 0 radical (unpaired) electrons. The molecule has 0 spiro atoms. The fourth-order valence-electron chi connectivity index (χ4n) is 2.06. The summed E-state index contributed by atoms with van der Waals surface area (Å²) < 4.78 is 0. The molecule has 0 saturated carbocycles. The van der Waals surface area contributed by atoms with Gasteiger partial charge in [-0.1, -0.05) is 24.3 Å². The van der Waals surface area contributed by atoms with Crippen molar-refractivity contribution in [2.45, 2.75) is 19.5 Å². The Morgan fingerprint density at radius 2 is 1.60 bits per heavy atom. The maximum Gasteiger partial charge on any atom is 0.115 e. The Morgan fingerprint density at radius 3 is 2.15 bits per heavy atom. The molecule has 3 nitrogen and oxygen atoms in total. The van der Waals surface area contributed by atoms with Crippen molar-refractivity contribution >= 4 is 5.69 Å². The summed E-state index contributed by atoms with van der Waals surface area (Å²) >= 11 is 0. The molecule has 106 valence electrons. The fraction of sp³-hybridized carbons (Fsp3) is 0.294. The zero-order valence-corrected chi connectivity index (χ0v) is 12.3. The van der Waals surface area contributed by atoms with Crippen LogP contribution in [0.4, 0.5) is 5.69 Å². The lowest BCUT2D eigenvalue weighted by Gasteiger charge is -2.16. The van der Waals surface area contributed by atoms with Crippen molar-refractivity contribution < 1.29 is 5.11 Å². The van der Waals surface area contributed by atoms with E-state index in [1.165, 1.54) is 16.8 Å². The lowest BCUT2D eigenvalue weighted by Crippen LogP contribution is -2.18. The molecule has 2 N–H and O–H groups in total. The molecule has 0 fully saturated rings. The standard InChI is InChI=1S/C17H22N2O/c1-13(15-6-10-17(20)11-7-15)18-12-14-4-8-16(9-5-14)19(2)3/h4-11,13,18,20H,12H2,1-3H3. The summed E-state index contributed by atoms with van der Waals surface area (Å²) in [6.45, 7) is 2.95. The quantitative estimate of drug-likeness (QED) is 0.875. The first-order chi connectivity index (χ1) is 9.56. The molecule has 2 aromatic rings. The van der Waals surface area contributed by atoms with Crippen LogP contribution in [0.1, 0.15) is 24.1 Å². The topological polar surface area (TPSA) is 35.5 Å². The van der Waals surface area contributed by atoms with E-state index in [1.807, 2.05) is 26.2 Å². The van der Waals surface area contributed by atoms with Crippen LogP contribution in [0.15, 0.2) is 48.5 Å².